The number of ether oxygens (including phenoxy) is 1. The summed E-state index contributed by atoms with van der Waals surface area (Å²) in [7, 11) is 0. The summed E-state index contributed by atoms with van der Waals surface area (Å²) in [5.41, 5.74) is 1.64. The zero-order chi connectivity index (χ0) is 22.2. The molecule has 0 unspecified atom stereocenters. The lowest BCUT2D eigenvalue weighted by Gasteiger charge is -2.24. The first kappa shape index (κ1) is 21.2. The number of benzene rings is 1. The van der Waals surface area contributed by atoms with E-state index >= 15 is 0 Å². The van der Waals surface area contributed by atoms with Crippen LogP contribution in [-0.2, 0) is 4.74 Å². The Labute approximate surface area is 184 Å². The number of nitrogens with zero attached hydrogens (tertiary/aromatic N) is 4. The number of carbonyl (C=O) groups excluding carboxylic acids is 1. The van der Waals surface area contributed by atoms with E-state index in [1.165, 1.54) is 12.4 Å². The number of pyridine rings is 1. The molecule has 1 aliphatic rings. The minimum Gasteiger partial charge on any atom is -0.444 e. The van der Waals surface area contributed by atoms with Crippen LogP contribution in [0.15, 0.2) is 36.7 Å². The molecule has 1 N–H and O–H groups in total. The maximum atomic E-state index is 14.3. The van der Waals surface area contributed by atoms with Crippen LogP contribution in [0.3, 0.4) is 0 Å². The minimum absolute atomic E-state index is 0.0187. The van der Waals surface area contributed by atoms with Crippen molar-refractivity contribution < 1.29 is 13.9 Å². The van der Waals surface area contributed by atoms with Crippen LogP contribution in [0.5, 0.6) is 0 Å². The molecule has 0 saturated carbocycles. The van der Waals surface area contributed by atoms with Crippen LogP contribution < -0.4 is 5.32 Å². The topological polar surface area (TPSA) is 80.2 Å². The van der Waals surface area contributed by atoms with Gasteiger partial charge in [0.25, 0.3) is 0 Å². The number of nitrogens with one attached hydrogen (secondary N) is 1. The lowest BCUT2D eigenvalue weighted by molar-refractivity contribution is 0.0292. The largest absolute Gasteiger partial charge is 0.444 e. The monoisotopic (exact) mass is 443 g/mol. The first-order valence-corrected chi connectivity index (χ1v) is 10.4. The second-order valence-electron chi connectivity index (χ2n) is 8.46. The van der Waals surface area contributed by atoms with Gasteiger partial charge in [-0.05, 0) is 51.5 Å². The third-order valence-electron chi connectivity index (χ3n) is 4.97. The Balaban J connectivity index is 1.59. The number of amides is 1. The van der Waals surface area contributed by atoms with Gasteiger partial charge in [-0.25, -0.2) is 24.1 Å². The fourth-order valence-electron chi connectivity index (χ4n) is 3.50. The average Bonchev–Trinajstić information content (AvgIpc) is 3.21. The van der Waals surface area contributed by atoms with Gasteiger partial charge in [-0.1, -0.05) is 17.7 Å². The van der Waals surface area contributed by atoms with E-state index < -0.39 is 11.4 Å². The number of rotatable bonds is 3. The summed E-state index contributed by atoms with van der Waals surface area (Å²) >= 11 is 5.88. The molecule has 3 heterocycles. The summed E-state index contributed by atoms with van der Waals surface area (Å²) in [6, 6.07) is 8.47. The van der Waals surface area contributed by atoms with Crippen molar-refractivity contribution in [3.8, 4) is 0 Å². The van der Waals surface area contributed by atoms with Crippen molar-refractivity contribution in [2.24, 2.45) is 0 Å². The van der Waals surface area contributed by atoms with E-state index in [9.17, 15) is 9.18 Å². The number of hydrogen-bond donors (Lipinski definition) is 1. The van der Waals surface area contributed by atoms with Crippen molar-refractivity contribution in [1.29, 1.82) is 0 Å². The zero-order valence-electron chi connectivity index (χ0n) is 17.5. The summed E-state index contributed by atoms with van der Waals surface area (Å²) in [6.07, 6.45) is 1.85. The molecule has 4 rings (SSSR count). The van der Waals surface area contributed by atoms with Crippen LogP contribution in [-0.4, -0.2) is 44.6 Å². The van der Waals surface area contributed by atoms with Gasteiger partial charge in [-0.3, -0.25) is 0 Å². The lowest BCUT2D eigenvalue weighted by Crippen LogP contribution is -2.35. The summed E-state index contributed by atoms with van der Waals surface area (Å²) < 4.78 is 19.8. The van der Waals surface area contributed by atoms with Crippen LogP contribution in [0.2, 0.25) is 5.02 Å². The van der Waals surface area contributed by atoms with Crippen molar-refractivity contribution in [3.63, 3.8) is 0 Å². The predicted octanol–water partition coefficient (Wildman–Crippen LogP) is 5.29. The number of aromatic nitrogens is 3. The highest BCUT2D eigenvalue weighted by Gasteiger charge is 2.31. The minimum atomic E-state index is -0.559. The van der Waals surface area contributed by atoms with Crippen molar-refractivity contribution in [2.75, 3.05) is 18.4 Å². The van der Waals surface area contributed by atoms with Gasteiger partial charge in [0.05, 0.1) is 16.2 Å². The molecule has 1 aliphatic heterocycles. The van der Waals surface area contributed by atoms with Gasteiger partial charge in [0.2, 0.25) is 0 Å². The van der Waals surface area contributed by atoms with Crippen molar-refractivity contribution in [1.82, 2.24) is 19.9 Å². The van der Waals surface area contributed by atoms with Gasteiger partial charge < -0.3 is 15.0 Å². The average molecular weight is 444 g/mol. The van der Waals surface area contributed by atoms with Gasteiger partial charge in [0, 0.05) is 24.7 Å². The molecule has 3 aromatic rings. The van der Waals surface area contributed by atoms with Gasteiger partial charge in [0.15, 0.2) is 11.6 Å². The molecule has 9 heteroatoms. The third-order valence-corrected chi connectivity index (χ3v) is 5.26. The van der Waals surface area contributed by atoms with E-state index in [-0.39, 0.29) is 22.7 Å². The molecule has 1 atom stereocenters. The van der Waals surface area contributed by atoms with Crippen LogP contribution in [0.4, 0.5) is 20.7 Å². The van der Waals surface area contributed by atoms with E-state index in [1.807, 2.05) is 32.9 Å². The van der Waals surface area contributed by atoms with E-state index in [0.29, 0.717) is 29.9 Å². The standard InChI is InChI=1S/C22H23ClFN5O2/c1-22(2,3)31-21(30)29-10-9-13(11-29)15-7-8-17-19(27-15)20(26-12-25-17)28-16-6-4-5-14(23)18(16)24/h4-8,12-13H,9-11H2,1-3H3,(H,25,26,28)/t13-/m1/s1. The second kappa shape index (κ2) is 8.26. The Bertz CT molecular complexity index is 1130. The fraction of sp³-hybridized carbons (Fsp3) is 0.364. The summed E-state index contributed by atoms with van der Waals surface area (Å²) in [5.74, 6) is -0.112. The molecule has 2 aromatic heterocycles. The number of fused-ring (bicyclic) bond motifs is 1. The van der Waals surface area contributed by atoms with Crippen molar-refractivity contribution in [2.45, 2.75) is 38.7 Å². The molecular weight excluding hydrogens is 421 g/mol. The van der Waals surface area contributed by atoms with Crippen molar-refractivity contribution in [3.05, 3.63) is 53.2 Å². The number of anilines is 2. The number of hydrogen-bond acceptors (Lipinski definition) is 6. The van der Waals surface area contributed by atoms with E-state index in [2.05, 4.69) is 15.3 Å². The fourth-order valence-corrected chi connectivity index (χ4v) is 3.67. The molecule has 0 spiro atoms. The van der Waals surface area contributed by atoms with Gasteiger partial charge in [-0.15, -0.1) is 0 Å². The predicted molar refractivity (Wildman–Crippen MR) is 117 cm³/mol. The van der Waals surface area contributed by atoms with Crippen LogP contribution in [0.1, 0.15) is 38.8 Å². The normalized spacial score (nSPS) is 16.5. The quantitative estimate of drug-likeness (QED) is 0.592. The highest BCUT2D eigenvalue weighted by molar-refractivity contribution is 6.31. The number of carbonyl (C=O) groups is 1. The van der Waals surface area contributed by atoms with E-state index in [4.69, 9.17) is 21.3 Å². The molecule has 162 valence electrons. The molecule has 1 aromatic carbocycles. The maximum Gasteiger partial charge on any atom is 0.410 e. The molecule has 1 amide bonds. The smallest absolute Gasteiger partial charge is 0.410 e. The summed E-state index contributed by atoms with van der Waals surface area (Å²) in [5, 5.41) is 2.99. The molecule has 1 saturated heterocycles. The van der Waals surface area contributed by atoms with Gasteiger partial charge in [0.1, 0.15) is 17.4 Å². The Morgan fingerprint density at radius 3 is 2.84 bits per heavy atom. The maximum absolute atomic E-state index is 14.3. The van der Waals surface area contributed by atoms with Crippen LogP contribution in [0.25, 0.3) is 11.0 Å². The van der Waals surface area contributed by atoms with Gasteiger partial charge >= 0.3 is 6.09 Å². The number of halogens is 2. The molecule has 31 heavy (non-hydrogen) atoms. The van der Waals surface area contributed by atoms with Gasteiger partial charge in [-0.2, -0.15) is 0 Å². The Morgan fingerprint density at radius 1 is 1.26 bits per heavy atom. The van der Waals surface area contributed by atoms with Crippen LogP contribution >= 0.6 is 11.6 Å². The Morgan fingerprint density at radius 2 is 2.06 bits per heavy atom. The highest BCUT2D eigenvalue weighted by atomic mass is 35.5. The van der Waals surface area contributed by atoms with E-state index in [1.54, 1.807) is 17.0 Å². The third kappa shape index (κ3) is 4.69. The molecular formula is C22H23ClFN5O2. The molecule has 0 bridgehead atoms. The molecule has 1 fully saturated rings. The van der Waals surface area contributed by atoms with Crippen molar-refractivity contribution >= 4 is 40.2 Å². The first-order chi connectivity index (χ1) is 14.7. The number of likely N-dealkylation sites (tertiary alicyclic amines) is 1. The molecule has 7 nitrogen and oxygen atoms in total. The van der Waals surface area contributed by atoms with E-state index in [0.717, 1.165) is 12.1 Å². The first-order valence-electron chi connectivity index (χ1n) is 10.0. The molecule has 0 aliphatic carbocycles. The van der Waals surface area contributed by atoms with Crippen LogP contribution in [0, 0.1) is 5.82 Å². The summed E-state index contributed by atoms with van der Waals surface area (Å²) in [6.45, 7) is 6.66. The Hall–Kier alpha value is -3.00. The second-order valence-corrected chi connectivity index (χ2v) is 8.87. The molecule has 0 radical (unpaired) electrons. The SMILES string of the molecule is CC(C)(C)OC(=O)N1CC[C@@H](c2ccc3ncnc(Nc4cccc(Cl)c4F)c3n2)C1. The highest BCUT2D eigenvalue weighted by Crippen LogP contribution is 2.31. The lowest BCUT2D eigenvalue weighted by atomic mass is 10.0. The summed E-state index contributed by atoms with van der Waals surface area (Å²) in [4.78, 5) is 27.3. The zero-order valence-corrected chi connectivity index (χ0v) is 18.3. The Kier molecular flexibility index (Phi) is 5.66.